The van der Waals surface area contributed by atoms with Crippen LogP contribution in [-0.4, -0.2) is 18.3 Å². The van der Waals surface area contributed by atoms with Crippen LogP contribution in [0, 0.1) is 0 Å². The average Bonchev–Trinajstić information content (AvgIpc) is 2.67. The molecule has 0 fully saturated rings. The van der Waals surface area contributed by atoms with E-state index in [0.717, 1.165) is 17.5 Å². The highest BCUT2D eigenvalue weighted by Gasteiger charge is 2.26. The fraction of sp³-hybridized carbons (Fsp3) is 0.368. The third-order valence-corrected chi connectivity index (χ3v) is 4.91. The van der Waals surface area contributed by atoms with Crippen molar-refractivity contribution in [2.75, 3.05) is 13.2 Å². The van der Waals surface area contributed by atoms with Crippen LogP contribution >= 0.6 is 7.82 Å². The van der Waals surface area contributed by atoms with Gasteiger partial charge in [0.2, 0.25) is 0 Å². The molecule has 1 N–H and O–H groups in total. The second-order valence-electron chi connectivity index (χ2n) is 5.58. The molecule has 0 atom stereocenters. The fourth-order valence-corrected chi connectivity index (χ4v) is 3.33. The highest BCUT2D eigenvalue weighted by molar-refractivity contribution is 7.48. The van der Waals surface area contributed by atoms with Gasteiger partial charge in [-0.25, -0.2) is 4.57 Å². The van der Waals surface area contributed by atoms with Crippen molar-refractivity contribution in [1.82, 2.24) is 0 Å². The normalized spacial score (nSPS) is 11.6. The first-order valence-electron chi connectivity index (χ1n) is 8.44. The molecule has 2 aromatic rings. The minimum Gasteiger partial charge on any atom is -0.396 e. The van der Waals surface area contributed by atoms with Gasteiger partial charge in [0, 0.05) is 6.61 Å². The van der Waals surface area contributed by atoms with Gasteiger partial charge in [-0.3, -0.25) is 13.6 Å². The van der Waals surface area contributed by atoms with Gasteiger partial charge in [0.1, 0.15) is 0 Å². The Balaban J connectivity index is 1.90. The first-order valence-corrected chi connectivity index (χ1v) is 9.90. The summed E-state index contributed by atoms with van der Waals surface area (Å²) in [7, 11) is -3.66. The molecule has 0 aromatic heterocycles. The molecule has 0 unspecified atom stereocenters. The Morgan fingerprint density at radius 2 is 1.24 bits per heavy atom. The molecule has 0 heterocycles. The SMILES string of the molecule is O=P(OCCCCCO)(OCc1ccccc1)OCc1ccccc1. The van der Waals surface area contributed by atoms with Crippen LogP contribution in [0.3, 0.4) is 0 Å². The molecule has 0 amide bonds. The van der Waals surface area contributed by atoms with Crippen LogP contribution in [0.2, 0.25) is 0 Å². The van der Waals surface area contributed by atoms with Gasteiger partial charge in [-0.05, 0) is 30.4 Å². The first-order chi connectivity index (χ1) is 12.2. The summed E-state index contributed by atoms with van der Waals surface area (Å²) in [6.45, 7) is 0.723. The topological polar surface area (TPSA) is 65.0 Å². The largest absolute Gasteiger partial charge is 0.475 e. The molecule has 136 valence electrons. The maximum Gasteiger partial charge on any atom is 0.475 e. The molecule has 0 spiro atoms. The molecular weight excluding hydrogens is 339 g/mol. The van der Waals surface area contributed by atoms with E-state index in [2.05, 4.69) is 0 Å². The lowest BCUT2D eigenvalue weighted by molar-refractivity contribution is 0.101. The van der Waals surface area contributed by atoms with Crippen molar-refractivity contribution in [3.8, 4) is 0 Å². The lowest BCUT2D eigenvalue weighted by Gasteiger charge is -2.18. The first kappa shape index (κ1) is 19.8. The van der Waals surface area contributed by atoms with E-state index in [-0.39, 0.29) is 26.4 Å². The van der Waals surface area contributed by atoms with Crippen molar-refractivity contribution < 1.29 is 23.2 Å². The molecule has 0 radical (unpaired) electrons. The van der Waals surface area contributed by atoms with Gasteiger partial charge in [-0.1, -0.05) is 60.7 Å². The van der Waals surface area contributed by atoms with E-state index in [1.54, 1.807) is 0 Å². The van der Waals surface area contributed by atoms with Crippen LogP contribution in [0.4, 0.5) is 0 Å². The van der Waals surface area contributed by atoms with Crippen molar-refractivity contribution >= 4 is 7.82 Å². The highest BCUT2D eigenvalue weighted by atomic mass is 31.2. The monoisotopic (exact) mass is 364 g/mol. The Kier molecular flexibility index (Phi) is 8.87. The minimum absolute atomic E-state index is 0.146. The standard InChI is InChI=1S/C19H25O5P/c20-14-8-3-9-15-22-25(21,23-16-18-10-4-1-5-11-18)24-17-19-12-6-2-7-13-19/h1-2,4-7,10-13,20H,3,8-9,14-17H2. The highest BCUT2D eigenvalue weighted by Crippen LogP contribution is 2.51. The van der Waals surface area contributed by atoms with Gasteiger partial charge in [-0.2, -0.15) is 0 Å². The van der Waals surface area contributed by atoms with Crippen LogP contribution in [0.25, 0.3) is 0 Å². The summed E-state index contributed by atoms with van der Waals surface area (Å²) in [5, 5.41) is 8.80. The Morgan fingerprint density at radius 3 is 1.72 bits per heavy atom. The summed E-state index contributed by atoms with van der Waals surface area (Å²) in [6, 6.07) is 19.0. The van der Waals surface area contributed by atoms with E-state index in [1.807, 2.05) is 60.7 Å². The summed E-state index contributed by atoms with van der Waals surface area (Å²) in [5.74, 6) is 0. The number of phosphoric acid groups is 1. The summed E-state index contributed by atoms with van der Waals surface area (Å²) >= 11 is 0. The Morgan fingerprint density at radius 1 is 0.720 bits per heavy atom. The Hall–Kier alpha value is -1.49. The molecule has 0 saturated carbocycles. The van der Waals surface area contributed by atoms with Crippen molar-refractivity contribution in [2.24, 2.45) is 0 Å². The van der Waals surface area contributed by atoms with E-state index in [0.29, 0.717) is 12.8 Å². The van der Waals surface area contributed by atoms with E-state index in [4.69, 9.17) is 18.7 Å². The molecule has 2 aromatic carbocycles. The number of unbranched alkanes of at least 4 members (excludes halogenated alkanes) is 2. The Bertz CT molecular complexity index is 585. The van der Waals surface area contributed by atoms with Gasteiger partial charge < -0.3 is 5.11 Å². The molecule has 25 heavy (non-hydrogen) atoms. The number of benzene rings is 2. The molecule has 0 saturated heterocycles. The van der Waals surface area contributed by atoms with Gasteiger partial charge in [0.05, 0.1) is 19.8 Å². The van der Waals surface area contributed by atoms with Gasteiger partial charge in [0.25, 0.3) is 0 Å². The van der Waals surface area contributed by atoms with Crippen LogP contribution in [0.1, 0.15) is 30.4 Å². The smallest absolute Gasteiger partial charge is 0.396 e. The third kappa shape index (κ3) is 7.95. The number of hydrogen-bond acceptors (Lipinski definition) is 5. The molecule has 0 aliphatic carbocycles. The molecule has 0 bridgehead atoms. The second-order valence-corrected chi connectivity index (χ2v) is 7.25. The Labute approximate surface area is 149 Å². The van der Waals surface area contributed by atoms with Gasteiger partial charge >= 0.3 is 7.82 Å². The van der Waals surface area contributed by atoms with Crippen LogP contribution in [-0.2, 0) is 31.4 Å². The van der Waals surface area contributed by atoms with E-state index >= 15 is 0 Å². The molecule has 6 heteroatoms. The van der Waals surface area contributed by atoms with E-state index in [9.17, 15) is 4.57 Å². The summed E-state index contributed by atoms with van der Waals surface area (Å²) in [5.41, 5.74) is 1.80. The van der Waals surface area contributed by atoms with Crippen molar-refractivity contribution in [3.63, 3.8) is 0 Å². The zero-order valence-corrected chi connectivity index (χ0v) is 15.1. The average molecular weight is 364 g/mol. The minimum atomic E-state index is -3.66. The van der Waals surface area contributed by atoms with Crippen LogP contribution in [0.15, 0.2) is 60.7 Å². The molecule has 0 aliphatic rings. The molecule has 5 nitrogen and oxygen atoms in total. The maximum atomic E-state index is 12.9. The van der Waals surface area contributed by atoms with Crippen LogP contribution in [0.5, 0.6) is 0 Å². The number of aliphatic hydroxyl groups is 1. The van der Waals surface area contributed by atoms with Gasteiger partial charge in [0.15, 0.2) is 0 Å². The van der Waals surface area contributed by atoms with E-state index < -0.39 is 7.82 Å². The molecule has 0 aliphatic heterocycles. The zero-order valence-electron chi connectivity index (χ0n) is 14.3. The predicted molar refractivity (Wildman–Crippen MR) is 97.0 cm³/mol. The van der Waals surface area contributed by atoms with Crippen molar-refractivity contribution in [1.29, 1.82) is 0 Å². The third-order valence-electron chi connectivity index (χ3n) is 3.52. The summed E-state index contributed by atoms with van der Waals surface area (Å²) in [4.78, 5) is 0. The maximum absolute atomic E-state index is 12.9. The molecular formula is C19H25O5P. The molecule has 2 rings (SSSR count). The summed E-state index contributed by atoms with van der Waals surface area (Å²) < 4.78 is 29.3. The lowest BCUT2D eigenvalue weighted by Crippen LogP contribution is -2.03. The quantitative estimate of drug-likeness (QED) is 0.437. The number of phosphoric ester groups is 1. The number of hydrogen-bond donors (Lipinski definition) is 1. The lowest BCUT2D eigenvalue weighted by atomic mass is 10.2. The predicted octanol–water partition coefficient (Wildman–Crippen LogP) is 4.71. The van der Waals surface area contributed by atoms with Gasteiger partial charge in [-0.15, -0.1) is 0 Å². The number of aliphatic hydroxyl groups excluding tert-OH is 1. The van der Waals surface area contributed by atoms with Crippen LogP contribution < -0.4 is 0 Å². The van der Waals surface area contributed by atoms with Crippen molar-refractivity contribution in [2.45, 2.75) is 32.5 Å². The van der Waals surface area contributed by atoms with Crippen molar-refractivity contribution in [3.05, 3.63) is 71.8 Å². The zero-order chi connectivity index (χ0) is 17.8. The number of rotatable bonds is 12. The summed E-state index contributed by atoms with van der Waals surface area (Å²) in [6.07, 6.45) is 2.19. The van der Waals surface area contributed by atoms with E-state index in [1.165, 1.54) is 0 Å². The fourth-order valence-electron chi connectivity index (χ4n) is 2.13. The second kappa shape index (κ2) is 11.2.